The van der Waals surface area contributed by atoms with Crippen LogP contribution in [0, 0.1) is 5.92 Å². The highest BCUT2D eigenvalue weighted by atomic mass is 15.2. The van der Waals surface area contributed by atoms with Crippen LogP contribution in [-0.4, -0.2) is 36.6 Å². The fourth-order valence-corrected chi connectivity index (χ4v) is 2.97. The summed E-state index contributed by atoms with van der Waals surface area (Å²) in [6, 6.07) is 10.9. The van der Waals surface area contributed by atoms with Crippen LogP contribution in [0.25, 0.3) is 0 Å². The quantitative estimate of drug-likeness (QED) is 0.884. The second kappa shape index (κ2) is 6.73. The van der Waals surface area contributed by atoms with Gasteiger partial charge in [0.2, 0.25) is 0 Å². The first-order chi connectivity index (χ1) is 9.44. The molecule has 1 aromatic rings. The van der Waals surface area contributed by atoms with Crippen LogP contribution >= 0.6 is 0 Å². The molecule has 20 heavy (non-hydrogen) atoms. The molecule has 2 nitrogen and oxygen atoms in total. The molecule has 0 radical (unpaired) electrons. The molecule has 0 bridgehead atoms. The molecule has 2 unspecified atom stereocenters. The molecule has 1 aromatic carbocycles. The van der Waals surface area contributed by atoms with Crippen LogP contribution in [0.3, 0.4) is 0 Å². The minimum Gasteiger partial charge on any atom is -0.312 e. The highest BCUT2D eigenvalue weighted by molar-refractivity contribution is 5.19. The standard InChI is InChI=1S/C18H30N2/c1-15(17-8-6-5-7-9-17)13-20-11-10-16(14-20)12-19-18(2,3)4/h5-9,15-16,19H,10-14H2,1-4H3. The molecule has 1 heterocycles. The van der Waals surface area contributed by atoms with Gasteiger partial charge in [0.1, 0.15) is 0 Å². The molecule has 0 saturated carbocycles. The zero-order chi connectivity index (χ0) is 14.6. The zero-order valence-electron chi connectivity index (χ0n) is 13.5. The third-order valence-electron chi connectivity index (χ3n) is 4.19. The molecule has 2 rings (SSSR count). The summed E-state index contributed by atoms with van der Waals surface area (Å²) < 4.78 is 0. The van der Waals surface area contributed by atoms with Gasteiger partial charge in [0.25, 0.3) is 0 Å². The van der Waals surface area contributed by atoms with Crippen molar-refractivity contribution in [1.82, 2.24) is 10.2 Å². The maximum atomic E-state index is 3.64. The molecule has 0 amide bonds. The minimum atomic E-state index is 0.241. The average molecular weight is 274 g/mol. The SMILES string of the molecule is CC(CN1CCC(CNC(C)(C)C)C1)c1ccccc1. The molecule has 1 N–H and O–H groups in total. The van der Waals surface area contributed by atoms with Crippen molar-refractivity contribution in [2.45, 2.75) is 45.6 Å². The number of rotatable bonds is 5. The van der Waals surface area contributed by atoms with E-state index in [1.54, 1.807) is 0 Å². The van der Waals surface area contributed by atoms with Crippen LogP contribution < -0.4 is 5.32 Å². The first kappa shape index (κ1) is 15.5. The lowest BCUT2D eigenvalue weighted by atomic mass is 10.0. The Morgan fingerprint density at radius 1 is 1.25 bits per heavy atom. The topological polar surface area (TPSA) is 15.3 Å². The van der Waals surface area contributed by atoms with Crippen LogP contribution in [0.4, 0.5) is 0 Å². The second-order valence-corrected chi connectivity index (χ2v) is 7.36. The van der Waals surface area contributed by atoms with E-state index in [0.29, 0.717) is 5.92 Å². The third-order valence-corrected chi connectivity index (χ3v) is 4.19. The molecular weight excluding hydrogens is 244 g/mol. The fraction of sp³-hybridized carbons (Fsp3) is 0.667. The number of hydrogen-bond acceptors (Lipinski definition) is 2. The summed E-state index contributed by atoms with van der Waals surface area (Å²) in [6.45, 7) is 13.9. The van der Waals surface area contributed by atoms with E-state index >= 15 is 0 Å². The minimum absolute atomic E-state index is 0.241. The van der Waals surface area contributed by atoms with Crippen molar-refractivity contribution in [1.29, 1.82) is 0 Å². The van der Waals surface area contributed by atoms with E-state index in [4.69, 9.17) is 0 Å². The number of nitrogens with one attached hydrogen (secondary N) is 1. The largest absolute Gasteiger partial charge is 0.312 e. The summed E-state index contributed by atoms with van der Waals surface area (Å²) in [5.41, 5.74) is 1.70. The van der Waals surface area contributed by atoms with Crippen molar-refractivity contribution in [3.8, 4) is 0 Å². The predicted molar refractivity (Wildman–Crippen MR) is 87.2 cm³/mol. The second-order valence-electron chi connectivity index (χ2n) is 7.36. The van der Waals surface area contributed by atoms with Crippen LogP contribution in [-0.2, 0) is 0 Å². The van der Waals surface area contributed by atoms with Gasteiger partial charge in [0, 0.05) is 18.6 Å². The summed E-state index contributed by atoms with van der Waals surface area (Å²) in [4.78, 5) is 2.63. The highest BCUT2D eigenvalue weighted by Crippen LogP contribution is 2.22. The van der Waals surface area contributed by atoms with Crippen molar-refractivity contribution in [2.75, 3.05) is 26.2 Å². The van der Waals surface area contributed by atoms with Gasteiger partial charge in [-0.05, 0) is 57.7 Å². The van der Waals surface area contributed by atoms with Crippen LogP contribution in [0.5, 0.6) is 0 Å². The van der Waals surface area contributed by atoms with E-state index in [2.05, 4.69) is 68.2 Å². The lowest BCUT2D eigenvalue weighted by Crippen LogP contribution is -2.39. The number of benzene rings is 1. The van der Waals surface area contributed by atoms with Gasteiger partial charge in [0.05, 0.1) is 0 Å². The molecule has 1 saturated heterocycles. The van der Waals surface area contributed by atoms with E-state index in [0.717, 1.165) is 12.5 Å². The van der Waals surface area contributed by atoms with E-state index < -0.39 is 0 Å². The van der Waals surface area contributed by atoms with E-state index in [1.807, 2.05) is 0 Å². The summed E-state index contributed by atoms with van der Waals surface area (Å²) in [6.07, 6.45) is 1.34. The number of hydrogen-bond donors (Lipinski definition) is 1. The van der Waals surface area contributed by atoms with Gasteiger partial charge in [-0.25, -0.2) is 0 Å². The molecule has 2 atom stereocenters. The molecule has 1 aliphatic heterocycles. The van der Waals surface area contributed by atoms with E-state index in [-0.39, 0.29) is 5.54 Å². The Hall–Kier alpha value is -0.860. The zero-order valence-corrected chi connectivity index (χ0v) is 13.5. The molecule has 1 aliphatic rings. The molecule has 1 fully saturated rings. The lowest BCUT2D eigenvalue weighted by Gasteiger charge is -2.24. The van der Waals surface area contributed by atoms with Gasteiger partial charge in [-0.2, -0.15) is 0 Å². The first-order valence-corrected chi connectivity index (χ1v) is 7.96. The van der Waals surface area contributed by atoms with E-state index in [9.17, 15) is 0 Å². The normalized spacial score (nSPS) is 22.1. The van der Waals surface area contributed by atoms with Crippen molar-refractivity contribution in [2.24, 2.45) is 5.92 Å². The number of likely N-dealkylation sites (tertiary alicyclic amines) is 1. The summed E-state index contributed by atoms with van der Waals surface area (Å²) in [5, 5.41) is 3.64. The summed E-state index contributed by atoms with van der Waals surface area (Å²) in [5.74, 6) is 1.45. The van der Waals surface area contributed by atoms with E-state index in [1.165, 1.54) is 31.6 Å². The lowest BCUT2D eigenvalue weighted by molar-refractivity contribution is 0.298. The molecule has 0 aliphatic carbocycles. The van der Waals surface area contributed by atoms with Gasteiger partial charge >= 0.3 is 0 Å². The van der Waals surface area contributed by atoms with Gasteiger partial charge < -0.3 is 10.2 Å². The maximum absolute atomic E-state index is 3.64. The van der Waals surface area contributed by atoms with Gasteiger partial charge in [-0.3, -0.25) is 0 Å². The fourth-order valence-electron chi connectivity index (χ4n) is 2.97. The van der Waals surface area contributed by atoms with Crippen molar-refractivity contribution in [3.05, 3.63) is 35.9 Å². The molecular formula is C18H30N2. The Morgan fingerprint density at radius 3 is 2.60 bits per heavy atom. The van der Waals surface area contributed by atoms with Crippen LogP contribution in [0.15, 0.2) is 30.3 Å². The van der Waals surface area contributed by atoms with Crippen molar-refractivity contribution < 1.29 is 0 Å². The Labute approximate surface area is 124 Å². The smallest absolute Gasteiger partial charge is 0.00966 e. The molecule has 2 heteroatoms. The number of nitrogens with zero attached hydrogens (tertiary/aromatic N) is 1. The Morgan fingerprint density at radius 2 is 1.95 bits per heavy atom. The van der Waals surface area contributed by atoms with Crippen molar-refractivity contribution in [3.63, 3.8) is 0 Å². The Bertz CT molecular complexity index is 394. The molecule has 0 spiro atoms. The Balaban J connectivity index is 1.76. The van der Waals surface area contributed by atoms with Crippen LogP contribution in [0.2, 0.25) is 0 Å². The average Bonchev–Trinajstić information content (AvgIpc) is 2.84. The van der Waals surface area contributed by atoms with Crippen LogP contribution in [0.1, 0.15) is 45.6 Å². The maximum Gasteiger partial charge on any atom is 0.00966 e. The summed E-state index contributed by atoms with van der Waals surface area (Å²) in [7, 11) is 0. The van der Waals surface area contributed by atoms with Gasteiger partial charge in [-0.1, -0.05) is 37.3 Å². The third kappa shape index (κ3) is 4.92. The predicted octanol–water partition coefficient (Wildman–Crippen LogP) is 3.50. The first-order valence-electron chi connectivity index (χ1n) is 7.96. The highest BCUT2D eigenvalue weighted by Gasteiger charge is 2.24. The summed E-state index contributed by atoms with van der Waals surface area (Å²) >= 11 is 0. The van der Waals surface area contributed by atoms with Gasteiger partial charge in [-0.15, -0.1) is 0 Å². The monoisotopic (exact) mass is 274 g/mol. The molecule has 112 valence electrons. The Kier molecular flexibility index (Phi) is 5.22. The molecule has 0 aromatic heterocycles. The van der Waals surface area contributed by atoms with Gasteiger partial charge in [0.15, 0.2) is 0 Å². The van der Waals surface area contributed by atoms with Crippen molar-refractivity contribution >= 4 is 0 Å².